The summed E-state index contributed by atoms with van der Waals surface area (Å²) in [5, 5.41) is 72.0. The molecule has 3 aromatic rings. The van der Waals surface area contributed by atoms with Gasteiger partial charge in [0.2, 0.25) is 0 Å². The van der Waals surface area contributed by atoms with E-state index in [2.05, 4.69) is 0 Å². The summed E-state index contributed by atoms with van der Waals surface area (Å²) in [5.74, 6) is -3.03. The molecule has 0 saturated heterocycles. The number of carbonyl (C=O) groups is 1. The van der Waals surface area contributed by atoms with E-state index in [1.807, 2.05) is 0 Å². The van der Waals surface area contributed by atoms with Gasteiger partial charge in [-0.2, -0.15) is 0 Å². The van der Waals surface area contributed by atoms with Gasteiger partial charge in [-0.05, 0) is 62.2 Å². The van der Waals surface area contributed by atoms with Gasteiger partial charge in [0, 0.05) is 41.0 Å². The fourth-order valence-corrected chi connectivity index (χ4v) is 4.77. The number of aryl methyl sites for hydroxylation is 1. The Morgan fingerprint density at radius 2 is 1.50 bits per heavy atom. The second kappa shape index (κ2) is 9.16. The van der Waals surface area contributed by atoms with Gasteiger partial charge in [0.25, 0.3) is 0 Å². The van der Waals surface area contributed by atoms with Crippen molar-refractivity contribution in [3.05, 3.63) is 63.7 Å². The molecule has 36 heavy (non-hydrogen) atoms. The minimum Gasteiger partial charge on any atom is -0.508 e. The van der Waals surface area contributed by atoms with Crippen LogP contribution in [-0.4, -0.2) is 47.6 Å². The number of aliphatic hydroxyl groups excluding tert-OH is 1. The van der Waals surface area contributed by atoms with E-state index in [-0.39, 0.29) is 47.2 Å². The van der Waals surface area contributed by atoms with Crippen molar-refractivity contribution >= 4 is 5.78 Å². The lowest BCUT2D eigenvalue weighted by atomic mass is 9.81. The third-order valence-corrected chi connectivity index (χ3v) is 6.65. The highest BCUT2D eigenvalue weighted by Gasteiger charge is 2.37. The van der Waals surface area contributed by atoms with Gasteiger partial charge in [0.15, 0.2) is 23.4 Å². The fraction of sp³-hybridized carbons (Fsp3) is 0.296. The Bertz CT molecular complexity index is 1320. The number of aromatic hydroxyl groups is 6. The number of carbonyl (C=O) groups excluding carboxylic acids is 1. The maximum absolute atomic E-state index is 12.3. The largest absolute Gasteiger partial charge is 0.508 e. The van der Waals surface area contributed by atoms with Crippen molar-refractivity contribution in [3.8, 4) is 40.2 Å². The molecule has 0 saturated carbocycles. The van der Waals surface area contributed by atoms with Crippen LogP contribution in [0, 0.1) is 13.8 Å². The summed E-state index contributed by atoms with van der Waals surface area (Å²) in [7, 11) is 0. The summed E-state index contributed by atoms with van der Waals surface area (Å²) in [4.78, 5) is 12.3. The molecule has 0 bridgehead atoms. The molecule has 1 heterocycles. The zero-order valence-electron chi connectivity index (χ0n) is 20.0. The van der Waals surface area contributed by atoms with Crippen LogP contribution in [0.1, 0.15) is 58.7 Å². The number of aliphatic hydroxyl groups is 1. The van der Waals surface area contributed by atoms with Crippen molar-refractivity contribution in [2.75, 3.05) is 0 Å². The van der Waals surface area contributed by atoms with Crippen LogP contribution in [0.15, 0.2) is 30.3 Å². The van der Waals surface area contributed by atoms with Crippen LogP contribution < -0.4 is 4.74 Å². The molecule has 7 N–H and O–H groups in total. The van der Waals surface area contributed by atoms with E-state index in [4.69, 9.17) is 4.74 Å². The molecule has 0 spiro atoms. The highest BCUT2D eigenvalue weighted by atomic mass is 16.5. The van der Waals surface area contributed by atoms with E-state index in [1.165, 1.54) is 44.2 Å². The van der Waals surface area contributed by atoms with E-state index in [0.717, 1.165) is 0 Å². The Hall–Kier alpha value is -4.11. The van der Waals surface area contributed by atoms with Crippen molar-refractivity contribution in [2.24, 2.45) is 0 Å². The zero-order valence-corrected chi connectivity index (χ0v) is 20.0. The minimum absolute atomic E-state index is 0.0205. The van der Waals surface area contributed by atoms with E-state index in [1.54, 1.807) is 6.92 Å². The Balaban J connectivity index is 1.91. The van der Waals surface area contributed by atoms with Gasteiger partial charge in [-0.3, -0.25) is 4.79 Å². The number of ketones is 1. The molecular weight excluding hydrogens is 468 g/mol. The molecule has 0 radical (unpaired) electrons. The zero-order chi connectivity index (χ0) is 26.5. The van der Waals surface area contributed by atoms with Crippen molar-refractivity contribution < 1.29 is 45.3 Å². The molecule has 9 heteroatoms. The number of hydrogen-bond acceptors (Lipinski definition) is 9. The molecule has 3 aromatic carbocycles. The fourth-order valence-electron chi connectivity index (χ4n) is 4.77. The molecule has 0 aromatic heterocycles. The predicted molar refractivity (Wildman–Crippen MR) is 129 cm³/mol. The monoisotopic (exact) mass is 496 g/mol. The second-order valence-electron chi connectivity index (χ2n) is 9.29. The van der Waals surface area contributed by atoms with Crippen LogP contribution in [0.5, 0.6) is 40.2 Å². The number of phenols is 6. The summed E-state index contributed by atoms with van der Waals surface area (Å²) in [6.07, 6.45) is -2.22. The Kier molecular flexibility index (Phi) is 6.36. The van der Waals surface area contributed by atoms with Crippen LogP contribution in [0.3, 0.4) is 0 Å². The number of Topliss-reactive ketones (excluding diaryl/α,β-unsaturated/α-hetero) is 1. The van der Waals surface area contributed by atoms with Crippen molar-refractivity contribution in [2.45, 2.75) is 51.7 Å². The van der Waals surface area contributed by atoms with Crippen LogP contribution in [0.4, 0.5) is 0 Å². The molecule has 0 aliphatic carbocycles. The maximum atomic E-state index is 12.3. The van der Waals surface area contributed by atoms with Gasteiger partial charge in [-0.1, -0.05) is 0 Å². The van der Waals surface area contributed by atoms with Gasteiger partial charge in [0.05, 0.1) is 6.10 Å². The standard InChI is InChI=1S/C27H28O9/c1-11-4-20(31)17-10-23(34)26(15-8-18(29)13(3)19(30)9-15)36-27(17)24(11)16(5-12(2)28)14-6-21(32)25(35)22(33)7-14/h4,6-9,16,23,26,29-35H,5,10H2,1-3H3/t16-,23-,26+/m1/s1. The van der Waals surface area contributed by atoms with Gasteiger partial charge >= 0.3 is 0 Å². The van der Waals surface area contributed by atoms with E-state index < -0.39 is 35.4 Å². The smallest absolute Gasteiger partial charge is 0.200 e. The average molecular weight is 497 g/mol. The molecule has 9 nitrogen and oxygen atoms in total. The first kappa shape index (κ1) is 25.0. The Morgan fingerprint density at radius 1 is 0.917 bits per heavy atom. The minimum atomic E-state index is -1.13. The van der Waals surface area contributed by atoms with Crippen molar-refractivity contribution in [3.63, 3.8) is 0 Å². The first-order valence-corrected chi connectivity index (χ1v) is 11.4. The van der Waals surface area contributed by atoms with Gasteiger partial charge in [0.1, 0.15) is 28.8 Å². The lowest BCUT2D eigenvalue weighted by molar-refractivity contribution is -0.117. The van der Waals surface area contributed by atoms with Crippen LogP contribution in [0.2, 0.25) is 0 Å². The Morgan fingerprint density at radius 3 is 2.06 bits per heavy atom. The number of rotatable bonds is 5. The summed E-state index contributed by atoms with van der Waals surface area (Å²) in [6.45, 7) is 4.63. The normalized spacial score (nSPS) is 17.8. The average Bonchev–Trinajstić information content (AvgIpc) is 2.79. The van der Waals surface area contributed by atoms with E-state index in [0.29, 0.717) is 27.8 Å². The van der Waals surface area contributed by atoms with Crippen LogP contribution in [0.25, 0.3) is 0 Å². The van der Waals surface area contributed by atoms with Crippen LogP contribution in [-0.2, 0) is 11.2 Å². The SMILES string of the molecule is CC(=O)C[C@H](c1cc(O)c(O)c(O)c1)c1c(C)cc(O)c2c1O[C@@H](c1cc(O)c(C)c(O)c1)[C@H](O)C2. The third kappa shape index (κ3) is 4.33. The number of ether oxygens (including phenoxy) is 1. The molecule has 0 unspecified atom stereocenters. The number of phenolic OH excluding ortho intramolecular Hbond substituents is 6. The topological polar surface area (TPSA) is 168 Å². The number of benzene rings is 3. The quantitative estimate of drug-likeness (QED) is 0.261. The summed E-state index contributed by atoms with van der Waals surface area (Å²) >= 11 is 0. The van der Waals surface area contributed by atoms with Crippen LogP contribution >= 0.6 is 0 Å². The van der Waals surface area contributed by atoms with Gasteiger partial charge in [-0.25, -0.2) is 0 Å². The highest BCUT2D eigenvalue weighted by molar-refractivity contribution is 5.78. The summed E-state index contributed by atoms with van der Waals surface area (Å²) in [5.41, 5.74) is 2.25. The molecule has 0 fully saturated rings. The van der Waals surface area contributed by atoms with Crippen molar-refractivity contribution in [1.29, 1.82) is 0 Å². The molecule has 190 valence electrons. The second-order valence-corrected chi connectivity index (χ2v) is 9.29. The lowest BCUT2D eigenvalue weighted by Crippen LogP contribution is -2.31. The third-order valence-electron chi connectivity index (χ3n) is 6.65. The molecule has 1 aliphatic heterocycles. The lowest BCUT2D eigenvalue weighted by Gasteiger charge is -2.35. The summed E-state index contributed by atoms with van der Waals surface area (Å²) in [6, 6.07) is 6.74. The van der Waals surface area contributed by atoms with Gasteiger partial charge < -0.3 is 40.5 Å². The molecule has 1 aliphatic rings. The molecule has 0 amide bonds. The van der Waals surface area contributed by atoms with E-state index in [9.17, 15) is 40.5 Å². The molecular formula is C27H28O9. The molecule has 4 rings (SSSR count). The highest BCUT2D eigenvalue weighted by Crippen LogP contribution is 2.50. The molecule has 3 atom stereocenters. The van der Waals surface area contributed by atoms with Gasteiger partial charge in [-0.15, -0.1) is 0 Å². The first-order valence-electron chi connectivity index (χ1n) is 11.4. The van der Waals surface area contributed by atoms with Crippen molar-refractivity contribution in [1.82, 2.24) is 0 Å². The van der Waals surface area contributed by atoms with E-state index >= 15 is 0 Å². The summed E-state index contributed by atoms with van der Waals surface area (Å²) < 4.78 is 6.22. The number of hydrogen-bond donors (Lipinski definition) is 7. The number of fused-ring (bicyclic) bond motifs is 1. The predicted octanol–water partition coefficient (Wildman–Crippen LogP) is 3.69. The Labute approximate surface area is 207 Å². The first-order chi connectivity index (χ1) is 16.9. The maximum Gasteiger partial charge on any atom is 0.200 e.